The highest BCUT2D eigenvalue weighted by Gasteiger charge is 2.21. The van der Waals surface area contributed by atoms with Crippen LogP contribution >= 0.6 is 0 Å². The molecule has 0 aliphatic rings. The molecule has 1 atom stereocenters. The first-order valence-corrected chi connectivity index (χ1v) is 6.09. The number of aldehydes is 1. The van der Waals surface area contributed by atoms with Crippen molar-refractivity contribution in [2.75, 3.05) is 0 Å². The minimum atomic E-state index is -1.35. The van der Waals surface area contributed by atoms with Gasteiger partial charge in [0.05, 0.1) is 0 Å². The van der Waals surface area contributed by atoms with Gasteiger partial charge in [0.2, 0.25) is 0 Å². The van der Waals surface area contributed by atoms with Crippen molar-refractivity contribution in [3.8, 4) is 0 Å². The monoisotopic (exact) mass is 281 g/mol. The Morgan fingerprint density at radius 1 is 1.24 bits per heavy atom. The Morgan fingerprint density at radius 2 is 1.95 bits per heavy atom. The van der Waals surface area contributed by atoms with Crippen LogP contribution < -0.4 is 0 Å². The van der Waals surface area contributed by atoms with Crippen molar-refractivity contribution in [1.82, 2.24) is 0 Å². The molecule has 2 aromatic carbocycles. The van der Waals surface area contributed by atoms with E-state index < -0.39 is 11.9 Å². The molecule has 0 radical (unpaired) electrons. The number of azide groups is 1. The van der Waals surface area contributed by atoms with E-state index >= 15 is 0 Å². The third kappa shape index (κ3) is 3.14. The quantitative estimate of drug-likeness (QED) is 0.299. The number of hydrogen-bond acceptors (Lipinski definition) is 4. The van der Waals surface area contributed by atoms with Crippen LogP contribution in [0.25, 0.3) is 10.4 Å². The summed E-state index contributed by atoms with van der Waals surface area (Å²) in [5, 5.41) is 13.5. The highest BCUT2D eigenvalue weighted by atomic mass is 16.3. The summed E-state index contributed by atoms with van der Waals surface area (Å²) in [5.74, 6) is -0.587. The van der Waals surface area contributed by atoms with Crippen LogP contribution in [0.3, 0.4) is 0 Å². The van der Waals surface area contributed by atoms with Crippen molar-refractivity contribution in [3.05, 3.63) is 75.7 Å². The first-order chi connectivity index (χ1) is 10.2. The Hall–Kier alpha value is -2.95. The second-order valence-corrected chi connectivity index (χ2v) is 4.26. The number of hydrogen-bond donors (Lipinski definition) is 1. The Bertz CT molecular complexity index is 722. The van der Waals surface area contributed by atoms with Gasteiger partial charge in [0.25, 0.3) is 0 Å². The van der Waals surface area contributed by atoms with Gasteiger partial charge in [-0.25, -0.2) is 0 Å². The maximum absolute atomic E-state index is 12.3. The number of aliphatic hydroxyl groups is 1. The third-order valence-electron chi connectivity index (χ3n) is 2.95. The SMILES string of the molecule is [N-]=[N+]=Nc1ccc(C(=O)C(O)c2ccccc2)c(C=O)c1. The van der Waals surface area contributed by atoms with Gasteiger partial charge in [-0.1, -0.05) is 47.6 Å². The summed E-state index contributed by atoms with van der Waals surface area (Å²) in [7, 11) is 0. The van der Waals surface area contributed by atoms with Crippen molar-refractivity contribution in [1.29, 1.82) is 0 Å². The predicted molar refractivity (Wildman–Crippen MR) is 76.4 cm³/mol. The molecule has 0 bridgehead atoms. The molecule has 0 aliphatic carbocycles. The molecule has 1 N–H and O–H groups in total. The van der Waals surface area contributed by atoms with Crippen LogP contribution in [0, 0.1) is 0 Å². The first kappa shape index (κ1) is 14.5. The second-order valence-electron chi connectivity index (χ2n) is 4.26. The number of aliphatic hydroxyl groups excluding tert-OH is 1. The standard InChI is InChI=1S/C15H11N3O3/c16-18-17-12-6-7-13(11(8-12)9-19)15(21)14(20)10-4-2-1-3-5-10/h1-9,14,20H. The molecule has 6 heteroatoms. The first-order valence-electron chi connectivity index (χ1n) is 6.09. The minimum Gasteiger partial charge on any atom is -0.380 e. The van der Waals surface area contributed by atoms with Gasteiger partial charge in [-0.3, -0.25) is 9.59 Å². The average molecular weight is 281 g/mol. The van der Waals surface area contributed by atoms with E-state index in [9.17, 15) is 14.7 Å². The molecule has 0 aliphatic heterocycles. The van der Waals surface area contributed by atoms with Crippen LogP contribution in [0.4, 0.5) is 5.69 Å². The molecule has 0 saturated heterocycles. The lowest BCUT2D eigenvalue weighted by Gasteiger charge is -2.11. The van der Waals surface area contributed by atoms with E-state index in [1.165, 1.54) is 18.2 Å². The molecule has 2 rings (SSSR count). The number of Topliss-reactive ketones (excluding diaryl/α,β-unsaturated/α-hetero) is 1. The third-order valence-corrected chi connectivity index (χ3v) is 2.95. The molecule has 0 fully saturated rings. The molecule has 1 unspecified atom stereocenters. The molecule has 0 saturated carbocycles. The van der Waals surface area contributed by atoms with E-state index in [1.54, 1.807) is 30.3 Å². The minimum absolute atomic E-state index is 0.0693. The fraction of sp³-hybridized carbons (Fsp3) is 0.0667. The Labute approximate surface area is 120 Å². The summed E-state index contributed by atoms with van der Waals surface area (Å²) in [4.78, 5) is 26.0. The number of ketones is 1. The average Bonchev–Trinajstić information content (AvgIpc) is 2.54. The maximum atomic E-state index is 12.3. The van der Waals surface area contributed by atoms with Gasteiger partial charge in [0.15, 0.2) is 12.1 Å². The van der Waals surface area contributed by atoms with Crippen molar-refractivity contribution in [2.45, 2.75) is 6.10 Å². The lowest BCUT2D eigenvalue weighted by molar-refractivity contribution is 0.0745. The summed E-state index contributed by atoms with van der Waals surface area (Å²) in [6.45, 7) is 0. The van der Waals surface area contributed by atoms with E-state index in [0.717, 1.165) is 0 Å². The fourth-order valence-electron chi connectivity index (χ4n) is 1.92. The van der Waals surface area contributed by atoms with Gasteiger partial charge >= 0.3 is 0 Å². The van der Waals surface area contributed by atoms with Crippen LogP contribution in [-0.2, 0) is 0 Å². The van der Waals surface area contributed by atoms with Crippen LogP contribution in [0.2, 0.25) is 0 Å². The summed E-state index contributed by atoms with van der Waals surface area (Å²) >= 11 is 0. The van der Waals surface area contributed by atoms with Gasteiger partial charge < -0.3 is 5.11 Å². The molecule has 0 aromatic heterocycles. The van der Waals surface area contributed by atoms with Crippen LogP contribution in [0.5, 0.6) is 0 Å². The maximum Gasteiger partial charge on any atom is 0.196 e. The lowest BCUT2D eigenvalue weighted by Crippen LogP contribution is -2.14. The van der Waals surface area contributed by atoms with Gasteiger partial charge in [-0.05, 0) is 17.2 Å². The highest BCUT2D eigenvalue weighted by molar-refractivity contribution is 6.05. The molecule has 2 aromatic rings. The normalized spacial score (nSPS) is 11.3. The lowest BCUT2D eigenvalue weighted by atomic mass is 9.96. The van der Waals surface area contributed by atoms with Crippen molar-refractivity contribution in [3.63, 3.8) is 0 Å². The van der Waals surface area contributed by atoms with Gasteiger partial charge in [0.1, 0.15) is 6.10 Å². The van der Waals surface area contributed by atoms with Gasteiger partial charge in [0, 0.05) is 21.7 Å². The predicted octanol–water partition coefficient (Wildman–Crippen LogP) is 3.36. The van der Waals surface area contributed by atoms with Crippen LogP contribution in [-0.4, -0.2) is 17.2 Å². The van der Waals surface area contributed by atoms with Crippen molar-refractivity contribution < 1.29 is 14.7 Å². The molecule has 0 heterocycles. The molecular formula is C15H11N3O3. The fourth-order valence-corrected chi connectivity index (χ4v) is 1.92. The number of carbonyl (C=O) groups is 2. The van der Waals surface area contributed by atoms with E-state index in [0.29, 0.717) is 11.8 Å². The Balaban J connectivity index is 2.39. The number of rotatable bonds is 5. The molecule has 0 spiro atoms. The number of benzene rings is 2. The zero-order valence-electron chi connectivity index (χ0n) is 10.9. The summed E-state index contributed by atoms with van der Waals surface area (Å²) in [6.07, 6.45) is -0.864. The number of nitrogens with zero attached hydrogens (tertiary/aromatic N) is 3. The molecular weight excluding hydrogens is 270 g/mol. The van der Waals surface area contributed by atoms with Crippen molar-refractivity contribution in [2.24, 2.45) is 5.11 Å². The Morgan fingerprint density at radius 3 is 2.57 bits per heavy atom. The van der Waals surface area contributed by atoms with Crippen molar-refractivity contribution >= 4 is 17.8 Å². The zero-order chi connectivity index (χ0) is 15.2. The zero-order valence-corrected chi connectivity index (χ0v) is 10.9. The summed E-state index contributed by atoms with van der Waals surface area (Å²) < 4.78 is 0. The molecule has 21 heavy (non-hydrogen) atoms. The van der Waals surface area contributed by atoms with E-state index in [4.69, 9.17) is 5.53 Å². The number of carbonyl (C=O) groups excluding carboxylic acids is 2. The van der Waals surface area contributed by atoms with Crippen LogP contribution in [0.15, 0.2) is 53.6 Å². The van der Waals surface area contributed by atoms with E-state index in [-0.39, 0.29) is 16.8 Å². The summed E-state index contributed by atoms with van der Waals surface area (Å²) in [5.41, 5.74) is 9.18. The topological polar surface area (TPSA) is 103 Å². The largest absolute Gasteiger partial charge is 0.380 e. The van der Waals surface area contributed by atoms with Gasteiger partial charge in [-0.15, -0.1) is 0 Å². The van der Waals surface area contributed by atoms with Crippen LogP contribution in [0.1, 0.15) is 32.4 Å². The second kappa shape index (κ2) is 6.47. The van der Waals surface area contributed by atoms with E-state index in [1.807, 2.05) is 0 Å². The smallest absolute Gasteiger partial charge is 0.196 e. The van der Waals surface area contributed by atoms with Gasteiger partial charge in [-0.2, -0.15) is 0 Å². The summed E-state index contributed by atoms with van der Waals surface area (Å²) in [6, 6.07) is 12.5. The molecule has 0 amide bonds. The molecule has 104 valence electrons. The highest BCUT2D eigenvalue weighted by Crippen LogP contribution is 2.23. The Kier molecular flexibility index (Phi) is 4.46. The molecule has 6 nitrogen and oxygen atoms in total. The van der Waals surface area contributed by atoms with E-state index in [2.05, 4.69) is 10.0 Å².